The van der Waals surface area contributed by atoms with Gasteiger partial charge >= 0.3 is 0 Å². The molecule has 0 radical (unpaired) electrons. The molecule has 1 atom stereocenters. The van der Waals surface area contributed by atoms with E-state index in [0.717, 1.165) is 61.6 Å². The van der Waals surface area contributed by atoms with Gasteiger partial charge in [-0.2, -0.15) is 5.10 Å². The number of nitrogens with one attached hydrogen (secondary N) is 1. The minimum atomic E-state index is 0.0174. The molecule has 4 heterocycles. The lowest BCUT2D eigenvalue weighted by atomic mass is 9.71. The molecule has 1 aliphatic heterocycles. The predicted molar refractivity (Wildman–Crippen MR) is 122 cm³/mol. The van der Waals surface area contributed by atoms with Crippen molar-refractivity contribution in [3.8, 4) is 11.4 Å². The standard InChI is InChI=1S/C25H33N5O2/c1-25(2,3)17-7-8-19-18(14-17)23(32-28-19)16-9-12-30(13-10-16)24(31)21-15-20(26-27-21)22-6-5-11-29(22)4/h5-6,11,15-17H,7-10,12-14H2,1-4H3,(H,26,27)/t17-/m1/s1. The maximum atomic E-state index is 13.1. The fourth-order valence-electron chi connectivity index (χ4n) is 5.30. The van der Waals surface area contributed by atoms with Gasteiger partial charge in [0.1, 0.15) is 17.1 Å². The first-order valence-electron chi connectivity index (χ1n) is 11.7. The van der Waals surface area contributed by atoms with Crippen molar-refractivity contribution in [2.75, 3.05) is 13.1 Å². The summed E-state index contributed by atoms with van der Waals surface area (Å²) < 4.78 is 7.88. The molecule has 5 rings (SSSR count). The summed E-state index contributed by atoms with van der Waals surface area (Å²) in [5.41, 5.74) is 5.13. The van der Waals surface area contributed by atoms with Crippen LogP contribution in [0.5, 0.6) is 0 Å². The van der Waals surface area contributed by atoms with Gasteiger partial charge in [-0.15, -0.1) is 0 Å². The second-order valence-corrected chi connectivity index (χ2v) is 10.5. The first kappa shape index (κ1) is 21.0. The maximum Gasteiger partial charge on any atom is 0.271 e. The average Bonchev–Trinajstić information content (AvgIpc) is 3.51. The van der Waals surface area contributed by atoms with E-state index in [4.69, 9.17) is 4.52 Å². The van der Waals surface area contributed by atoms with Crippen LogP contribution in [0.3, 0.4) is 0 Å². The molecule has 1 saturated heterocycles. The molecule has 0 unspecified atom stereocenters. The third-order valence-corrected chi connectivity index (χ3v) is 7.47. The van der Waals surface area contributed by atoms with Gasteiger partial charge in [0.2, 0.25) is 0 Å². The summed E-state index contributed by atoms with van der Waals surface area (Å²) in [5.74, 6) is 2.10. The molecule has 0 aromatic carbocycles. The monoisotopic (exact) mass is 435 g/mol. The molecule has 3 aromatic rings. The minimum absolute atomic E-state index is 0.0174. The Morgan fingerprint density at radius 1 is 1.22 bits per heavy atom. The second-order valence-electron chi connectivity index (χ2n) is 10.5. The predicted octanol–water partition coefficient (Wildman–Crippen LogP) is 4.57. The highest BCUT2D eigenvalue weighted by molar-refractivity contribution is 5.93. The van der Waals surface area contributed by atoms with Crippen LogP contribution in [0.15, 0.2) is 28.9 Å². The van der Waals surface area contributed by atoms with Crippen molar-refractivity contribution in [3.05, 3.63) is 47.1 Å². The summed E-state index contributed by atoms with van der Waals surface area (Å²) in [6.45, 7) is 8.44. The number of piperidine rings is 1. The minimum Gasteiger partial charge on any atom is -0.361 e. The van der Waals surface area contributed by atoms with E-state index in [1.807, 2.05) is 40.9 Å². The van der Waals surface area contributed by atoms with Crippen LogP contribution in [0.4, 0.5) is 0 Å². The molecule has 1 N–H and O–H groups in total. The summed E-state index contributed by atoms with van der Waals surface area (Å²) in [6, 6.07) is 5.82. The molecule has 0 bridgehead atoms. The van der Waals surface area contributed by atoms with Crippen LogP contribution in [0.1, 0.15) is 73.5 Å². The normalized spacial score (nSPS) is 19.9. The molecule has 1 aliphatic carbocycles. The summed E-state index contributed by atoms with van der Waals surface area (Å²) in [7, 11) is 1.97. The van der Waals surface area contributed by atoms with E-state index in [9.17, 15) is 4.79 Å². The summed E-state index contributed by atoms with van der Waals surface area (Å²) in [4.78, 5) is 15.0. The smallest absolute Gasteiger partial charge is 0.271 e. The maximum absolute atomic E-state index is 13.1. The number of H-pyrrole nitrogens is 1. The topological polar surface area (TPSA) is 80.0 Å². The van der Waals surface area contributed by atoms with E-state index in [-0.39, 0.29) is 5.91 Å². The number of carbonyl (C=O) groups excluding carboxylic acids is 1. The van der Waals surface area contributed by atoms with Crippen LogP contribution < -0.4 is 0 Å². The van der Waals surface area contributed by atoms with E-state index in [1.54, 1.807) is 0 Å². The number of aryl methyl sites for hydroxylation is 2. The summed E-state index contributed by atoms with van der Waals surface area (Å²) in [6.07, 6.45) is 7.06. The molecule has 7 heteroatoms. The molecule has 0 spiro atoms. The van der Waals surface area contributed by atoms with E-state index < -0.39 is 0 Å². The van der Waals surface area contributed by atoms with Gasteiger partial charge in [-0.25, -0.2) is 0 Å². The van der Waals surface area contributed by atoms with Crippen LogP contribution in [0.25, 0.3) is 11.4 Å². The number of aromatic nitrogens is 4. The van der Waals surface area contributed by atoms with Gasteiger partial charge in [0.15, 0.2) is 0 Å². The zero-order valence-electron chi connectivity index (χ0n) is 19.5. The summed E-state index contributed by atoms with van der Waals surface area (Å²) in [5, 5.41) is 11.7. The highest BCUT2D eigenvalue weighted by atomic mass is 16.5. The third kappa shape index (κ3) is 3.78. The lowest BCUT2D eigenvalue weighted by Crippen LogP contribution is -2.38. The molecule has 3 aromatic heterocycles. The second kappa shape index (κ2) is 7.94. The number of hydrogen-bond acceptors (Lipinski definition) is 4. The number of fused-ring (bicyclic) bond motifs is 1. The van der Waals surface area contributed by atoms with Crippen LogP contribution in [0, 0.1) is 11.3 Å². The number of amides is 1. The zero-order valence-corrected chi connectivity index (χ0v) is 19.5. The Kier molecular flexibility index (Phi) is 5.22. The van der Waals surface area contributed by atoms with Crippen LogP contribution in [-0.4, -0.2) is 43.8 Å². The van der Waals surface area contributed by atoms with Gasteiger partial charge in [-0.3, -0.25) is 9.89 Å². The number of likely N-dealkylation sites (tertiary alicyclic amines) is 1. The summed E-state index contributed by atoms with van der Waals surface area (Å²) >= 11 is 0. The number of nitrogens with zero attached hydrogens (tertiary/aromatic N) is 4. The number of rotatable bonds is 3. The SMILES string of the molecule is Cn1cccc1-c1cc(C(=O)N2CCC(c3onc4c3C[C@H](C(C)(C)C)CC4)CC2)[nH]n1. The van der Waals surface area contributed by atoms with E-state index in [2.05, 4.69) is 36.1 Å². The molecule has 7 nitrogen and oxygen atoms in total. The highest BCUT2D eigenvalue weighted by Gasteiger charge is 2.36. The van der Waals surface area contributed by atoms with Crippen molar-refractivity contribution in [2.45, 2.75) is 58.8 Å². The molecule has 170 valence electrons. The number of hydrogen-bond donors (Lipinski definition) is 1. The first-order chi connectivity index (χ1) is 15.3. The fourth-order valence-corrected chi connectivity index (χ4v) is 5.30. The molecule has 1 fully saturated rings. The lowest BCUT2D eigenvalue weighted by Gasteiger charge is -2.34. The van der Waals surface area contributed by atoms with Gasteiger partial charge in [-0.05, 0) is 61.6 Å². The Labute approximate surface area is 189 Å². The van der Waals surface area contributed by atoms with Crippen molar-refractivity contribution >= 4 is 5.91 Å². The Hall–Kier alpha value is -2.83. The van der Waals surface area contributed by atoms with Crippen molar-refractivity contribution < 1.29 is 9.32 Å². The zero-order chi connectivity index (χ0) is 22.5. The van der Waals surface area contributed by atoms with Crippen molar-refractivity contribution in [3.63, 3.8) is 0 Å². The quantitative estimate of drug-likeness (QED) is 0.653. The van der Waals surface area contributed by atoms with Gasteiger partial charge in [0.05, 0.1) is 11.4 Å². The molecule has 0 saturated carbocycles. The van der Waals surface area contributed by atoms with Crippen LogP contribution in [-0.2, 0) is 19.9 Å². The molecular weight excluding hydrogens is 402 g/mol. The Morgan fingerprint density at radius 2 is 2.00 bits per heavy atom. The van der Waals surface area contributed by atoms with Crippen molar-refractivity contribution in [1.29, 1.82) is 0 Å². The number of carbonyl (C=O) groups is 1. The molecular formula is C25H33N5O2. The average molecular weight is 436 g/mol. The fraction of sp³-hybridized carbons (Fsp3) is 0.560. The number of aromatic amines is 1. The van der Waals surface area contributed by atoms with Crippen LogP contribution >= 0.6 is 0 Å². The Balaban J connectivity index is 1.25. The third-order valence-electron chi connectivity index (χ3n) is 7.47. The largest absolute Gasteiger partial charge is 0.361 e. The van der Waals surface area contributed by atoms with Crippen molar-refractivity contribution in [2.24, 2.45) is 18.4 Å². The Morgan fingerprint density at radius 3 is 2.69 bits per heavy atom. The van der Waals surface area contributed by atoms with Crippen LogP contribution in [0.2, 0.25) is 0 Å². The highest BCUT2D eigenvalue weighted by Crippen LogP contribution is 2.41. The Bertz CT molecular complexity index is 1110. The van der Waals surface area contributed by atoms with Gasteiger partial charge in [-0.1, -0.05) is 25.9 Å². The van der Waals surface area contributed by atoms with Gasteiger partial charge < -0.3 is 14.0 Å². The lowest BCUT2D eigenvalue weighted by molar-refractivity contribution is 0.0699. The van der Waals surface area contributed by atoms with E-state index in [0.29, 0.717) is 22.9 Å². The van der Waals surface area contributed by atoms with Gasteiger partial charge in [0, 0.05) is 37.8 Å². The van der Waals surface area contributed by atoms with E-state index >= 15 is 0 Å². The van der Waals surface area contributed by atoms with Gasteiger partial charge in [0.25, 0.3) is 5.91 Å². The van der Waals surface area contributed by atoms with E-state index in [1.165, 1.54) is 12.0 Å². The molecule has 32 heavy (non-hydrogen) atoms. The first-order valence-corrected chi connectivity index (χ1v) is 11.7. The molecule has 2 aliphatic rings. The van der Waals surface area contributed by atoms with Crippen molar-refractivity contribution in [1.82, 2.24) is 24.8 Å². The molecule has 1 amide bonds.